The van der Waals surface area contributed by atoms with Gasteiger partial charge in [0.1, 0.15) is 22.7 Å². The van der Waals surface area contributed by atoms with Crippen LogP contribution >= 0.6 is 0 Å². The van der Waals surface area contributed by atoms with E-state index >= 15 is 0 Å². The Bertz CT molecular complexity index is 800. The molecule has 27 heavy (non-hydrogen) atoms. The van der Waals surface area contributed by atoms with E-state index in [4.69, 9.17) is 13.9 Å². The first-order chi connectivity index (χ1) is 13.0. The first-order valence-electron chi connectivity index (χ1n) is 9.54. The summed E-state index contributed by atoms with van der Waals surface area (Å²) in [6, 6.07) is 12.0. The largest absolute Gasteiger partial charge is 0.494 e. The van der Waals surface area contributed by atoms with Gasteiger partial charge in [-0.3, -0.25) is 0 Å². The summed E-state index contributed by atoms with van der Waals surface area (Å²) in [5, 5.41) is 2.13. The molecule has 2 aromatic carbocycles. The van der Waals surface area contributed by atoms with Gasteiger partial charge in [0, 0.05) is 23.9 Å². The Morgan fingerprint density at radius 1 is 0.704 bits per heavy atom. The Labute approximate surface area is 161 Å². The van der Waals surface area contributed by atoms with E-state index in [0.29, 0.717) is 13.2 Å². The lowest BCUT2D eigenvalue weighted by atomic mass is 10.1. The molecule has 0 saturated heterocycles. The smallest absolute Gasteiger partial charge is 0.135 e. The fourth-order valence-electron chi connectivity index (χ4n) is 3.06. The van der Waals surface area contributed by atoms with Crippen molar-refractivity contribution < 1.29 is 13.9 Å². The van der Waals surface area contributed by atoms with Gasteiger partial charge in [-0.05, 0) is 77.4 Å². The minimum atomic E-state index is 0.708. The van der Waals surface area contributed by atoms with Crippen molar-refractivity contribution in [3.63, 3.8) is 0 Å². The standard InChI is InChI=1S/C22H30N2O3/c1-23(2)11-5-13-25-17-7-9-21-19(15-17)20-16-18(8-10-22(20)27-21)26-14-6-12-24(3)4/h7-10,15-16H,5-6,11-14H2,1-4H3. The van der Waals surface area contributed by atoms with Gasteiger partial charge in [-0.15, -0.1) is 0 Å². The normalized spacial score (nSPS) is 11.8. The van der Waals surface area contributed by atoms with Crippen LogP contribution in [-0.2, 0) is 0 Å². The van der Waals surface area contributed by atoms with Crippen molar-refractivity contribution >= 4 is 21.9 Å². The van der Waals surface area contributed by atoms with Gasteiger partial charge in [-0.1, -0.05) is 0 Å². The van der Waals surface area contributed by atoms with Gasteiger partial charge in [-0.2, -0.15) is 0 Å². The molecule has 0 aliphatic carbocycles. The molecule has 0 bridgehead atoms. The average Bonchev–Trinajstić information content (AvgIpc) is 2.99. The Balaban J connectivity index is 1.71. The molecular formula is C22H30N2O3. The molecule has 146 valence electrons. The number of rotatable bonds is 10. The minimum absolute atomic E-state index is 0.708. The van der Waals surface area contributed by atoms with Gasteiger partial charge in [0.15, 0.2) is 0 Å². The first-order valence-corrected chi connectivity index (χ1v) is 9.54. The number of furan rings is 1. The fraction of sp³-hybridized carbons (Fsp3) is 0.455. The zero-order valence-corrected chi connectivity index (χ0v) is 16.8. The van der Waals surface area contributed by atoms with Crippen molar-refractivity contribution in [2.45, 2.75) is 12.8 Å². The van der Waals surface area contributed by atoms with E-state index in [1.54, 1.807) is 0 Å². The minimum Gasteiger partial charge on any atom is -0.494 e. The SMILES string of the molecule is CN(C)CCCOc1ccc2oc3ccc(OCCCN(C)C)cc3c2c1. The highest BCUT2D eigenvalue weighted by Gasteiger charge is 2.10. The van der Waals surface area contributed by atoms with Crippen LogP contribution in [0.3, 0.4) is 0 Å². The summed E-state index contributed by atoms with van der Waals surface area (Å²) in [5.74, 6) is 1.75. The van der Waals surface area contributed by atoms with Crippen LogP contribution in [0.4, 0.5) is 0 Å². The zero-order chi connectivity index (χ0) is 19.2. The molecular weight excluding hydrogens is 340 g/mol. The van der Waals surface area contributed by atoms with E-state index in [0.717, 1.165) is 59.4 Å². The van der Waals surface area contributed by atoms with Crippen molar-refractivity contribution in [3.05, 3.63) is 36.4 Å². The van der Waals surface area contributed by atoms with E-state index in [-0.39, 0.29) is 0 Å². The van der Waals surface area contributed by atoms with E-state index in [2.05, 4.69) is 50.1 Å². The maximum Gasteiger partial charge on any atom is 0.135 e. The number of ether oxygens (including phenoxy) is 2. The highest BCUT2D eigenvalue weighted by atomic mass is 16.5. The number of fused-ring (bicyclic) bond motifs is 3. The Kier molecular flexibility index (Phi) is 6.58. The summed E-state index contributed by atoms with van der Waals surface area (Å²) in [5.41, 5.74) is 1.74. The van der Waals surface area contributed by atoms with Gasteiger partial charge < -0.3 is 23.7 Å². The molecule has 0 aliphatic heterocycles. The van der Waals surface area contributed by atoms with Crippen LogP contribution in [0.2, 0.25) is 0 Å². The topological polar surface area (TPSA) is 38.1 Å². The van der Waals surface area contributed by atoms with Crippen LogP contribution in [0.5, 0.6) is 11.5 Å². The highest BCUT2D eigenvalue weighted by molar-refractivity contribution is 6.05. The third-order valence-corrected chi connectivity index (χ3v) is 4.45. The highest BCUT2D eigenvalue weighted by Crippen LogP contribution is 2.33. The predicted molar refractivity (Wildman–Crippen MR) is 111 cm³/mol. The van der Waals surface area contributed by atoms with Gasteiger partial charge >= 0.3 is 0 Å². The predicted octanol–water partition coefficient (Wildman–Crippen LogP) is 4.25. The fourth-order valence-corrected chi connectivity index (χ4v) is 3.06. The molecule has 1 aromatic heterocycles. The first kappa shape index (κ1) is 19.5. The van der Waals surface area contributed by atoms with E-state index in [1.807, 2.05) is 24.3 Å². The average molecular weight is 370 g/mol. The molecule has 0 N–H and O–H groups in total. The number of hydrogen-bond acceptors (Lipinski definition) is 5. The van der Waals surface area contributed by atoms with Gasteiger partial charge in [0.25, 0.3) is 0 Å². The van der Waals surface area contributed by atoms with Crippen LogP contribution in [0.25, 0.3) is 21.9 Å². The third kappa shape index (κ3) is 5.37. The molecule has 0 aliphatic rings. The summed E-state index contributed by atoms with van der Waals surface area (Å²) in [7, 11) is 8.29. The summed E-state index contributed by atoms with van der Waals surface area (Å²) in [4.78, 5) is 4.33. The van der Waals surface area contributed by atoms with Gasteiger partial charge in [0.05, 0.1) is 13.2 Å². The van der Waals surface area contributed by atoms with Crippen LogP contribution in [-0.4, -0.2) is 64.3 Å². The lowest BCUT2D eigenvalue weighted by molar-refractivity contribution is 0.281. The molecule has 3 aromatic rings. The van der Waals surface area contributed by atoms with Crippen molar-refractivity contribution in [2.75, 3.05) is 54.5 Å². The van der Waals surface area contributed by atoms with Crippen LogP contribution < -0.4 is 9.47 Å². The molecule has 0 radical (unpaired) electrons. The third-order valence-electron chi connectivity index (χ3n) is 4.45. The lowest BCUT2D eigenvalue weighted by Gasteiger charge is -2.10. The van der Waals surface area contributed by atoms with Crippen molar-refractivity contribution in [1.82, 2.24) is 9.80 Å². The second-order valence-corrected chi connectivity index (χ2v) is 7.43. The summed E-state index contributed by atoms with van der Waals surface area (Å²) in [6.45, 7) is 3.45. The maximum absolute atomic E-state index is 5.95. The Morgan fingerprint density at radius 2 is 1.15 bits per heavy atom. The number of nitrogens with zero attached hydrogens (tertiary/aromatic N) is 2. The molecule has 0 unspecified atom stereocenters. The Hall–Kier alpha value is -2.24. The van der Waals surface area contributed by atoms with E-state index in [9.17, 15) is 0 Å². The molecule has 3 rings (SSSR count). The molecule has 1 heterocycles. The molecule has 0 fully saturated rings. The maximum atomic E-state index is 5.95. The van der Waals surface area contributed by atoms with Gasteiger partial charge in [0.2, 0.25) is 0 Å². The summed E-state index contributed by atoms with van der Waals surface area (Å²) >= 11 is 0. The van der Waals surface area contributed by atoms with Crippen LogP contribution in [0.15, 0.2) is 40.8 Å². The van der Waals surface area contributed by atoms with Crippen LogP contribution in [0.1, 0.15) is 12.8 Å². The van der Waals surface area contributed by atoms with Crippen molar-refractivity contribution in [3.8, 4) is 11.5 Å². The molecule has 5 heteroatoms. The van der Waals surface area contributed by atoms with Crippen molar-refractivity contribution in [1.29, 1.82) is 0 Å². The zero-order valence-electron chi connectivity index (χ0n) is 16.8. The molecule has 0 spiro atoms. The Morgan fingerprint density at radius 3 is 1.56 bits per heavy atom. The van der Waals surface area contributed by atoms with E-state index < -0.39 is 0 Å². The monoisotopic (exact) mass is 370 g/mol. The van der Waals surface area contributed by atoms with Crippen molar-refractivity contribution in [2.24, 2.45) is 0 Å². The molecule has 0 amide bonds. The van der Waals surface area contributed by atoms with Crippen LogP contribution in [0, 0.1) is 0 Å². The second kappa shape index (κ2) is 9.11. The second-order valence-electron chi connectivity index (χ2n) is 7.43. The summed E-state index contributed by atoms with van der Waals surface area (Å²) in [6.07, 6.45) is 2.00. The molecule has 0 saturated carbocycles. The number of hydrogen-bond donors (Lipinski definition) is 0. The van der Waals surface area contributed by atoms with Gasteiger partial charge in [-0.25, -0.2) is 0 Å². The quantitative estimate of drug-likeness (QED) is 0.499. The summed E-state index contributed by atoms with van der Waals surface area (Å²) < 4.78 is 17.8. The molecule has 5 nitrogen and oxygen atoms in total. The molecule has 0 atom stereocenters. The lowest BCUT2D eigenvalue weighted by Crippen LogP contribution is -2.15. The van der Waals surface area contributed by atoms with E-state index in [1.165, 1.54) is 0 Å². The number of benzene rings is 2.